The van der Waals surface area contributed by atoms with Gasteiger partial charge < -0.3 is 14.6 Å². The average molecular weight is 429 g/mol. The number of ketones is 1. The lowest BCUT2D eigenvalue weighted by Crippen LogP contribution is -2.32. The Morgan fingerprint density at radius 3 is 2.76 bits per heavy atom. The molecule has 1 aliphatic heterocycles. The Morgan fingerprint density at radius 1 is 1.31 bits per heavy atom. The van der Waals surface area contributed by atoms with Gasteiger partial charge in [0.05, 0.1) is 33.5 Å². The molecule has 0 radical (unpaired) electrons. The van der Waals surface area contributed by atoms with E-state index in [1.807, 2.05) is 35.2 Å². The smallest absolute Gasteiger partial charge is 0.290 e. The van der Waals surface area contributed by atoms with Crippen LogP contribution in [-0.4, -0.2) is 42.8 Å². The van der Waals surface area contributed by atoms with Crippen LogP contribution in [0.1, 0.15) is 37.7 Å². The molecule has 1 atom stereocenters. The largest absolute Gasteiger partial charge is 0.503 e. The molecular weight excluding hydrogens is 408 g/mol. The van der Waals surface area contributed by atoms with Gasteiger partial charge in [-0.25, -0.2) is 9.97 Å². The van der Waals surface area contributed by atoms with Gasteiger partial charge in [-0.2, -0.15) is 0 Å². The Kier molecular flexibility index (Phi) is 5.33. The van der Waals surface area contributed by atoms with Crippen molar-refractivity contribution in [3.63, 3.8) is 0 Å². The van der Waals surface area contributed by atoms with Gasteiger partial charge in [-0.05, 0) is 31.7 Å². The second-order valence-electron chi connectivity index (χ2n) is 6.81. The molecule has 3 aromatic heterocycles. The molecule has 1 amide bonds. The highest BCUT2D eigenvalue weighted by atomic mass is 32.1. The molecule has 7 nitrogen and oxygen atoms in total. The molecule has 0 spiro atoms. The molecule has 0 aromatic carbocycles. The molecule has 3 aromatic rings. The number of carbonyl (C=O) groups is 2. The maximum Gasteiger partial charge on any atom is 0.290 e. The highest BCUT2D eigenvalue weighted by Gasteiger charge is 2.44. The molecule has 0 bridgehead atoms. The number of aromatic nitrogens is 3. The lowest BCUT2D eigenvalue weighted by molar-refractivity contribution is -0.129. The van der Waals surface area contributed by atoms with Crippen LogP contribution < -0.4 is 0 Å². The molecule has 0 saturated heterocycles. The van der Waals surface area contributed by atoms with Gasteiger partial charge in [0.15, 0.2) is 5.76 Å². The summed E-state index contributed by atoms with van der Waals surface area (Å²) in [4.78, 5) is 37.5. The molecular formula is C20H20N4O3S2. The Balaban J connectivity index is 1.65. The Labute approximate surface area is 176 Å². The molecule has 0 fully saturated rings. The topological polar surface area (TPSA) is 88.3 Å². The number of aliphatic hydroxyl groups excluding tert-OH is 1. The molecule has 1 aliphatic rings. The molecule has 9 heteroatoms. The van der Waals surface area contributed by atoms with E-state index in [-0.39, 0.29) is 11.4 Å². The van der Waals surface area contributed by atoms with Gasteiger partial charge in [0.1, 0.15) is 0 Å². The highest BCUT2D eigenvalue weighted by Crippen LogP contribution is 2.41. The number of aryl methyl sites for hydroxylation is 3. The Morgan fingerprint density at radius 2 is 2.14 bits per heavy atom. The van der Waals surface area contributed by atoms with Crippen LogP contribution in [-0.2, 0) is 11.3 Å². The van der Waals surface area contributed by atoms with Gasteiger partial charge in [0.25, 0.3) is 5.91 Å². The minimum Gasteiger partial charge on any atom is -0.503 e. The predicted molar refractivity (Wildman–Crippen MR) is 111 cm³/mol. The number of nitrogens with zero attached hydrogens (tertiary/aromatic N) is 4. The van der Waals surface area contributed by atoms with Crippen molar-refractivity contribution in [3.05, 3.63) is 68.0 Å². The monoisotopic (exact) mass is 428 g/mol. The number of hydrogen-bond donors (Lipinski definition) is 1. The quantitative estimate of drug-likeness (QED) is 0.580. The van der Waals surface area contributed by atoms with Crippen LogP contribution in [0.4, 0.5) is 0 Å². The maximum atomic E-state index is 13.3. The predicted octanol–water partition coefficient (Wildman–Crippen LogP) is 3.69. The number of thiazole rings is 1. The molecule has 29 heavy (non-hydrogen) atoms. The van der Waals surface area contributed by atoms with E-state index in [4.69, 9.17) is 0 Å². The fourth-order valence-electron chi connectivity index (χ4n) is 3.57. The lowest BCUT2D eigenvalue weighted by Gasteiger charge is -2.25. The van der Waals surface area contributed by atoms with Crippen molar-refractivity contribution >= 4 is 34.4 Å². The average Bonchev–Trinajstić information content (AvgIpc) is 3.47. The van der Waals surface area contributed by atoms with Crippen LogP contribution >= 0.6 is 22.7 Å². The summed E-state index contributed by atoms with van der Waals surface area (Å²) in [6.45, 7) is 4.72. The first kappa shape index (κ1) is 19.5. The van der Waals surface area contributed by atoms with E-state index in [1.165, 1.54) is 22.7 Å². The number of amides is 1. The molecule has 150 valence electrons. The van der Waals surface area contributed by atoms with Crippen molar-refractivity contribution < 1.29 is 14.7 Å². The van der Waals surface area contributed by atoms with Gasteiger partial charge in [-0.15, -0.1) is 22.7 Å². The maximum absolute atomic E-state index is 13.3. The normalized spacial score (nSPS) is 16.8. The van der Waals surface area contributed by atoms with Crippen molar-refractivity contribution in [1.82, 2.24) is 19.4 Å². The number of hydrogen-bond acceptors (Lipinski definition) is 7. The van der Waals surface area contributed by atoms with Crippen molar-refractivity contribution in [2.24, 2.45) is 0 Å². The zero-order valence-electron chi connectivity index (χ0n) is 16.0. The van der Waals surface area contributed by atoms with Gasteiger partial charge in [0, 0.05) is 30.4 Å². The number of Topliss-reactive ketones (excluding diaryl/α,β-unsaturated/α-hetero) is 1. The Bertz CT molecular complexity index is 1070. The van der Waals surface area contributed by atoms with E-state index in [1.54, 1.807) is 24.3 Å². The minimum absolute atomic E-state index is 0.145. The summed E-state index contributed by atoms with van der Waals surface area (Å²) in [6.07, 6.45) is 5.97. The van der Waals surface area contributed by atoms with Gasteiger partial charge in [0.2, 0.25) is 5.78 Å². The Hall–Kier alpha value is -2.78. The number of carbonyl (C=O) groups excluding carboxylic acids is 2. The van der Waals surface area contributed by atoms with Crippen molar-refractivity contribution in [2.75, 3.05) is 6.54 Å². The lowest BCUT2D eigenvalue weighted by atomic mass is 10.00. The molecule has 4 rings (SSSR count). The van der Waals surface area contributed by atoms with E-state index in [9.17, 15) is 14.7 Å². The fraction of sp³-hybridized carbons (Fsp3) is 0.300. The van der Waals surface area contributed by atoms with Crippen LogP contribution in [0.2, 0.25) is 0 Å². The first-order chi connectivity index (χ1) is 14.0. The zero-order valence-corrected chi connectivity index (χ0v) is 17.7. The van der Waals surface area contributed by atoms with E-state index >= 15 is 0 Å². The summed E-state index contributed by atoms with van der Waals surface area (Å²) in [7, 11) is 0. The van der Waals surface area contributed by atoms with E-state index < -0.39 is 17.7 Å². The summed E-state index contributed by atoms with van der Waals surface area (Å²) in [6, 6.07) is 3.19. The third-order valence-corrected chi connectivity index (χ3v) is 6.84. The van der Waals surface area contributed by atoms with Crippen LogP contribution in [0.25, 0.3) is 0 Å². The molecule has 0 saturated carbocycles. The molecule has 0 unspecified atom stereocenters. The molecule has 4 heterocycles. The summed E-state index contributed by atoms with van der Waals surface area (Å²) in [5.41, 5.74) is 0.764. The van der Waals surface area contributed by atoms with Crippen molar-refractivity contribution in [2.45, 2.75) is 32.9 Å². The number of imidazole rings is 1. The summed E-state index contributed by atoms with van der Waals surface area (Å²) in [5.74, 6) is -1.28. The summed E-state index contributed by atoms with van der Waals surface area (Å²) in [5, 5.41) is 13.3. The second kappa shape index (κ2) is 7.92. The standard InChI is InChI=1S/C20H20N4O3S2/c1-12-19(29-13(2)22-12)17(25)15-16(14-5-3-10-28-14)24(20(27)18(15)26)8-4-7-23-9-6-21-11-23/h3,5-6,9-11,16,26H,4,7-8H2,1-2H3/t16-/m0/s1. The van der Waals surface area contributed by atoms with Crippen LogP contribution in [0.5, 0.6) is 0 Å². The molecule has 1 N–H and O–H groups in total. The van der Waals surface area contributed by atoms with Gasteiger partial charge in [-0.3, -0.25) is 9.59 Å². The van der Waals surface area contributed by atoms with Gasteiger partial charge >= 0.3 is 0 Å². The third kappa shape index (κ3) is 3.63. The van der Waals surface area contributed by atoms with Gasteiger partial charge in [-0.1, -0.05) is 6.07 Å². The van der Waals surface area contributed by atoms with E-state index in [0.29, 0.717) is 30.1 Å². The third-order valence-electron chi connectivity index (χ3n) is 4.85. The van der Waals surface area contributed by atoms with Crippen LogP contribution in [0.15, 0.2) is 47.6 Å². The first-order valence-electron chi connectivity index (χ1n) is 9.19. The van der Waals surface area contributed by atoms with E-state index in [0.717, 1.165) is 9.88 Å². The van der Waals surface area contributed by atoms with Crippen LogP contribution in [0, 0.1) is 13.8 Å². The van der Waals surface area contributed by atoms with E-state index in [2.05, 4.69) is 9.97 Å². The zero-order chi connectivity index (χ0) is 20.5. The number of thiophene rings is 1. The summed E-state index contributed by atoms with van der Waals surface area (Å²) >= 11 is 2.75. The molecule has 0 aliphatic carbocycles. The SMILES string of the molecule is Cc1nc(C)c(C(=O)C2=C(O)C(=O)N(CCCn3ccnc3)[C@H]2c2cccs2)s1. The minimum atomic E-state index is -0.584. The number of aliphatic hydroxyl groups is 1. The number of rotatable bonds is 7. The fourth-order valence-corrected chi connectivity index (χ4v) is 5.29. The highest BCUT2D eigenvalue weighted by molar-refractivity contribution is 7.14. The first-order valence-corrected chi connectivity index (χ1v) is 10.9. The summed E-state index contributed by atoms with van der Waals surface area (Å²) < 4.78 is 1.93. The van der Waals surface area contributed by atoms with Crippen LogP contribution in [0.3, 0.4) is 0 Å². The second-order valence-corrected chi connectivity index (χ2v) is 8.99. The van der Waals surface area contributed by atoms with Crippen molar-refractivity contribution in [1.29, 1.82) is 0 Å². The van der Waals surface area contributed by atoms with Crippen molar-refractivity contribution in [3.8, 4) is 0 Å².